The van der Waals surface area contributed by atoms with Crippen LogP contribution in [0.5, 0.6) is 0 Å². The SMILES string of the molecule is CCCN(CCBr)C(CC)CC. The average molecular weight is 236 g/mol. The third kappa shape index (κ3) is 4.46. The Morgan fingerprint density at radius 1 is 1.08 bits per heavy atom. The van der Waals surface area contributed by atoms with Gasteiger partial charge in [0, 0.05) is 17.9 Å². The fourth-order valence-corrected chi connectivity index (χ4v) is 2.13. The molecule has 2 heteroatoms. The maximum Gasteiger partial charge on any atom is 0.0159 e. The minimum Gasteiger partial charge on any atom is -0.300 e. The van der Waals surface area contributed by atoms with Crippen LogP contribution in [0, 0.1) is 0 Å². The van der Waals surface area contributed by atoms with Gasteiger partial charge in [0.2, 0.25) is 0 Å². The molecule has 12 heavy (non-hydrogen) atoms. The van der Waals surface area contributed by atoms with Crippen molar-refractivity contribution >= 4 is 15.9 Å². The van der Waals surface area contributed by atoms with Crippen molar-refractivity contribution in [1.29, 1.82) is 0 Å². The minimum atomic E-state index is 0.794. The van der Waals surface area contributed by atoms with E-state index < -0.39 is 0 Å². The summed E-state index contributed by atoms with van der Waals surface area (Å²) >= 11 is 3.51. The predicted octanol–water partition coefficient (Wildman–Crippen LogP) is 3.28. The maximum atomic E-state index is 3.51. The smallest absolute Gasteiger partial charge is 0.0159 e. The van der Waals surface area contributed by atoms with Crippen molar-refractivity contribution in [3.8, 4) is 0 Å². The quantitative estimate of drug-likeness (QED) is 0.613. The molecule has 0 aliphatic rings. The molecule has 74 valence electrons. The van der Waals surface area contributed by atoms with Gasteiger partial charge in [-0.2, -0.15) is 0 Å². The molecule has 0 aromatic rings. The van der Waals surface area contributed by atoms with Crippen LogP contribution < -0.4 is 0 Å². The summed E-state index contributed by atoms with van der Waals surface area (Å²) < 4.78 is 0. The lowest BCUT2D eigenvalue weighted by Gasteiger charge is -2.29. The van der Waals surface area contributed by atoms with Gasteiger partial charge in [-0.1, -0.05) is 36.7 Å². The zero-order valence-corrected chi connectivity index (χ0v) is 10.2. The van der Waals surface area contributed by atoms with Gasteiger partial charge in [0.15, 0.2) is 0 Å². The average Bonchev–Trinajstić information content (AvgIpc) is 2.07. The summed E-state index contributed by atoms with van der Waals surface area (Å²) in [6.45, 7) is 9.26. The third-order valence-corrected chi connectivity index (χ3v) is 2.70. The Kier molecular flexibility index (Phi) is 8.35. The van der Waals surface area contributed by atoms with E-state index in [0.717, 1.165) is 11.4 Å². The number of nitrogens with zero attached hydrogens (tertiary/aromatic N) is 1. The van der Waals surface area contributed by atoms with Gasteiger partial charge in [0.25, 0.3) is 0 Å². The molecule has 0 aliphatic heterocycles. The Bertz CT molecular complexity index is 85.8. The van der Waals surface area contributed by atoms with Crippen LogP contribution >= 0.6 is 15.9 Å². The van der Waals surface area contributed by atoms with Crippen molar-refractivity contribution in [2.75, 3.05) is 18.4 Å². The topological polar surface area (TPSA) is 3.24 Å². The molecule has 0 aromatic carbocycles. The first kappa shape index (κ1) is 12.4. The summed E-state index contributed by atoms with van der Waals surface area (Å²) in [7, 11) is 0. The van der Waals surface area contributed by atoms with Crippen LogP contribution in [-0.4, -0.2) is 29.4 Å². The molecule has 0 bridgehead atoms. The maximum absolute atomic E-state index is 3.51. The molecular formula is C10H22BrN. The lowest BCUT2D eigenvalue weighted by Crippen LogP contribution is -2.36. The zero-order valence-electron chi connectivity index (χ0n) is 8.65. The molecule has 0 amide bonds. The summed E-state index contributed by atoms with van der Waals surface area (Å²) in [6.07, 6.45) is 3.83. The van der Waals surface area contributed by atoms with Crippen molar-refractivity contribution in [1.82, 2.24) is 4.90 Å². The van der Waals surface area contributed by atoms with Crippen LogP contribution in [0.25, 0.3) is 0 Å². The molecule has 0 atom stereocenters. The van der Waals surface area contributed by atoms with Crippen LogP contribution in [0.15, 0.2) is 0 Å². The Balaban J connectivity index is 3.86. The van der Waals surface area contributed by atoms with Crippen LogP contribution in [0.3, 0.4) is 0 Å². The van der Waals surface area contributed by atoms with E-state index in [-0.39, 0.29) is 0 Å². The van der Waals surface area contributed by atoms with Crippen LogP contribution in [-0.2, 0) is 0 Å². The number of hydrogen-bond acceptors (Lipinski definition) is 1. The van der Waals surface area contributed by atoms with E-state index in [9.17, 15) is 0 Å². The molecular weight excluding hydrogens is 214 g/mol. The molecule has 0 fully saturated rings. The molecule has 0 rings (SSSR count). The number of rotatable bonds is 7. The number of hydrogen-bond donors (Lipinski definition) is 0. The van der Waals surface area contributed by atoms with E-state index in [1.54, 1.807) is 0 Å². The van der Waals surface area contributed by atoms with Gasteiger partial charge in [-0.3, -0.25) is 4.90 Å². The van der Waals surface area contributed by atoms with Crippen molar-refractivity contribution < 1.29 is 0 Å². The fraction of sp³-hybridized carbons (Fsp3) is 1.00. The first-order valence-electron chi connectivity index (χ1n) is 5.10. The normalized spacial score (nSPS) is 11.5. The second-order valence-corrected chi connectivity index (χ2v) is 3.99. The molecule has 0 N–H and O–H groups in total. The molecule has 0 aromatic heterocycles. The van der Waals surface area contributed by atoms with Gasteiger partial charge in [0.05, 0.1) is 0 Å². The Morgan fingerprint density at radius 3 is 2.00 bits per heavy atom. The largest absolute Gasteiger partial charge is 0.300 e. The Hall–Kier alpha value is 0.440. The van der Waals surface area contributed by atoms with Crippen molar-refractivity contribution in [3.63, 3.8) is 0 Å². The highest BCUT2D eigenvalue weighted by Gasteiger charge is 2.12. The van der Waals surface area contributed by atoms with Crippen LogP contribution in [0.2, 0.25) is 0 Å². The van der Waals surface area contributed by atoms with E-state index >= 15 is 0 Å². The summed E-state index contributed by atoms with van der Waals surface area (Å²) in [5, 5.41) is 1.10. The number of halogens is 1. The second-order valence-electron chi connectivity index (χ2n) is 3.20. The second kappa shape index (κ2) is 8.06. The van der Waals surface area contributed by atoms with Crippen molar-refractivity contribution in [3.05, 3.63) is 0 Å². The molecule has 0 unspecified atom stereocenters. The first-order valence-corrected chi connectivity index (χ1v) is 6.22. The zero-order chi connectivity index (χ0) is 9.40. The summed E-state index contributed by atoms with van der Waals surface area (Å²) in [6, 6.07) is 0.794. The molecule has 0 saturated carbocycles. The van der Waals surface area contributed by atoms with Gasteiger partial charge in [-0.15, -0.1) is 0 Å². The standard InChI is InChI=1S/C10H22BrN/c1-4-8-12(9-7-11)10(5-2)6-3/h10H,4-9H2,1-3H3. The van der Waals surface area contributed by atoms with Gasteiger partial charge in [-0.05, 0) is 25.8 Å². The Morgan fingerprint density at radius 2 is 1.67 bits per heavy atom. The fourth-order valence-electron chi connectivity index (χ4n) is 1.68. The summed E-state index contributed by atoms with van der Waals surface area (Å²) in [5.74, 6) is 0. The number of alkyl halides is 1. The molecule has 0 heterocycles. The van der Waals surface area contributed by atoms with E-state index in [1.165, 1.54) is 32.4 Å². The predicted molar refractivity (Wildman–Crippen MR) is 60.0 cm³/mol. The Labute approximate surface area is 85.7 Å². The summed E-state index contributed by atoms with van der Waals surface area (Å²) in [4.78, 5) is 2.59. The monoisotopic (exact) mass is 235 g/mol. The van der Waals surface area contributed by atoms with Gasteiger partial charge < -0.3 is 0 Å². The van der Waals surface area contributed by atoms with Gasteiger partial charge >= 0.3 is 0 Å². The van der Waals surface area contributed by atoms with E-state index in [2.05, 4.69) is 41.6 Å². The molecule has 0 aliphatic carbocycles. The lowest BCUT2D eigenvalue weighted by atomic mass is 10.1. The molecule has 1 nitrogen and oxygen atoms in total. The van der Waals surface area contributed by atoms with Crippen LogP contribution in [0.4, 0.5) is 0 Å². The third-order valence-electron chi connectivity index (χ3n) is 2.34. The van der Waals surface area contributed by atoms with Crippen LogP contribution in [0.1, 0.15) is 40.0 Å². The van der Waals surface area contributed by atoms with E-state index in [4.69, 9.17) is 0 Å². The summed E-state index contributed by atoms with van der Waals surface area (Å²) in [5.41, 5.74) is 0. The minimum absolute atomic E-state index is 0.794. The molecule has 0 saturated heterocycles. The van der Waals surface area contributed by atoms with E-state index in [1.807, 2.05) is 0 Å². The highest BCUT2D eigenvalue weighted by atomic mass is 79.9. The van der Waals surface area contributed by atoms with Gasteiger partial charge in [-0.25, -0.2) is 0 Å². The highest BCUT2D eigenvalue weighted by molar-refractivity contribution is 9.09. The molecule has 0 spiro atoms. The highest BCUT2D eigenvalue weighted by Crippen LogP contribution is 2.09. The van der Waals surface area contributed by atoms with Crippen molar-refractivity contribution in [2.24, 2.45) is 0 Å². The first-order chi connectivity index (χ1) is 5.79. The van der Waals surface area contributed by atoms with Gasteiger partial charge in [0.1, 0.15) is 0 Å². The lowest BCUT2D eigenvalue weighted by molar-refractivity contribution is 0.198. The van der Waals surface area contributed by atoms with E-state index in [0.29, 0.717) is 0 Å². The van der Waals surface area contributed by atoms with Crippen molar-refractivity contribution in [2.45, 2.75) is 46.1 Å². The molecule has 0 radical (unpaired) electrons.